The van der Waals surface area contributed by atoms with E-state index in [0.717, 1.165) is 55.9 Å². The van der Waals surface area contributed by atoms with Crippen molar-refractivity contribution in [3.05, 3.63) is 83.6 Å². The number of anilines is 3. The fourth-order valence-electron chi connectivity index (χ4n) is 3.58. The summed E-state index contributed by atoms with van der Waals surface area (Å²) in [6.45, 7) is 8.98. The summed E-state index contributed by atoms with van der Waals surface area (Å²) in [5, 5.41) is 3.41. The van der Waals surface area contributed by atoms with Crippen molar-refractivity contribution in [2.45, 2.75) is 13.8 Å². The average molecular weight is 400 g/mol. The molecule has 0 saturated carbocycles. The highest BCUT2D eigenvalue weighted by atomic mass is 15.3. The summed E-state index contributed by atoms with van der Waals surface area (Å²) < 4.78 is 0. The Hall–Kier alpha value is -3.18. The van der Waals surface area contributed by atoms with Crippen LogP contribution in [0.15, 0.2) is 66.7 Å². The van der Waals surface area contributed by atoms with Crippen LogP contribution in [0.1, 0.15) is 16.8 Å². The summed E-state index contributed by atoms with van der Waals surface area (Å²) in [7, 11) is 0. The van der Waals surface area contributed by atoms with Crippen LogP contribution in [0, 0.1) is 13.8 Å². The number of nitrogens with one attached hydrogen (secondary N) is 1. The zero-order chi connectivity index (χ0) is 20.8. The van der Waals surface area contributed by atoms with Crippen LogP contribution in [0.4, 0.5) is 17.5 Å². The van der Waals surface area contributed by atoms with Crippen molar-refractivity contribution in [2.75, 3.05) is 42.9 Å². The van der Waals surface area contributed by atoms with E-state index in [1.54, 1.807) is 0 Å². The summed E-state index contributed by atoms with van der Waals surface area (Å²) >= 11 is 0. The predicted octanol–water partition coefficient (Wildman–Crippen LogP) is 4.67. The lowest BCUT2D eigenvalue weighted by Gasteiger charge is -2.34. The highest BCUT2D eigenvalue weighted by Gasteiger charge is 2.19. The minimum Gasteiger partial charge on any atom is -0.340 e. The maximum atomic E-state index is 4.77. The normalized spacial score (nSPS) is 14.9. The van der Waals surface area contributed by atoms with Gasteiger partial charge in [0.15, 0.2) is 0 Å². The molecule has 2 heterocycles. The molecule has 1 N–H and O–H groups in total. The van der Waals surface area contributed by atoms with E-state index in [0.29, 0.717) is 0 Å². The van der Waals surface area contributed by atoms with Crippen molar-refractivity contribution in [1.29, 1.82) is 0 Å². The molecule has 2 aromatic carbocycles. The Balaban J connectivity index is 1.34. The van der Waals surface area contributed by atoms with Gasteiger partial charge in [0.25, 0.3) is 0 Å². The molecular weight excluding hydrogens is 370 g/mol. The third-order valence-corrected chi connectivity index (χ3v) is 5.29. The lowest BCUT2D eigenvalue weighted by Crippen LogP contribution is -2.47. The molecule has 4 rings (SSSR count). The molecule has 1 fully saturated rings. The molecule has 1 saturated heterocycles. The number of hydrogen-bond donors (Lipinski definition) is 1. The van der Waals surface area contributed by atoms with Gasteiger partial charge in [-0.2, -0.15) is 4.98 Å². The Morgan fingerprint density at radius 3 is 2.37 bits per heavy atom. The smallest absolute Gasteiger partial charge is 0.227 e. The zero-order valence-corrected chi connectivity index (χ0v) is 17.8. The molecule has 5 nitrogen and oxygen atoms in total. The molecule has 0 spiro atoms. The largest absolute Gasteiger partial charge is 0.340 e. The summed E-state index contributed by atoms with van der Waals surface area (Å²) in [6.07, 6.45) is 4.44. The third-order valence-electron chi connectivity index (χ3n) is 5.29. The van der Waals surface area contributed by atoms with Crippen molar-refractivity contribution in [2.24, 2.45) is 0 Å². The third kappa shape index (κ3) is 5.45. The molecule has 0 atom stereocenters. The van der Waals surface area contributed by atoms with Gasteiger partial charge in [-0.25, -0.2) is 4.98 Å². The first-order valence-electron chi connectivity index (χ1n) is 10.5. The van der Waals surface area contributed by atoms with Gasteiger partial charge in [-0.15, -0.1) is 0 Å². The molecule has 0 bridgehead atoms. The van der Waals surface area contributed by atoms with E-state index in [9.17, 15) is 0 Å². The number of hydrogen-bond acceptors (Lipinski definition) is 5. The first-order chi connectivity index (χ1) is 14.7. The number of nitrogens with zero attached hydrogens (tertiary/aromatic N) is 4. The van der Waals surface area contributed by atoms with Gasteiger partial charge in [-0.05, 0) is 31.5 Å². The molecule has 0 radical (unpaired) electrons. The first kappa shape index (κ1) is 20.1. The number of aromatic nitrogens is 2. The lowest BCUT2D eigenvalue weighted by atomic mass is 10.2. The average Bonchev–Trinajstić information content (AvgIpc) is 2.76. The van der Waals surface area contributed by atoms with Crippen LogP contribution in [0.5, 0.6) is 0 Å². The Morgan fingerprint density at radius 1 is 0.900 bits per heavy atom. The van der Waals surface area contributed by atoms with Crippen LogP contribution in [-0.4, -0.2) is 47.6 Å². The molecule has 1 aromatic heterocycles. The predicted molar refractivity (Wildman–Crippen MR) is 125 cm³/mol. The molecule has 1 aliphatic heterocycles. The number of benzene rings is 2. The van der Waals surface area contributed by atoms with Gasteiger partial charge in [0, 0.05) is 50.2 Å². The summed E-state index contributed by atoms with van der Waals surface area (Å²) in [5.74, 6) is 1.65. The molecule has 0 unspecified atom stereocenters. The van der Waals surface area contributed by atoms with E-state index in [4.69, 9.17) is 4.98 Å². The molecule has 154 valence electrons. The monoisotopic (exact) mass is 399 g/mol. The van der Waals surface area contributed by atoms with Crippen molar-refractivity contribution in [3.63, 3.8) is 0 Å². The Bertz CT molecular complexity index is 974. The first-order valence-corrected chi connectivity index (χ1v) is 10.5. The van der Waals surface area contributed by atoms with Gasteiger partial charge in [0.2, 0.25) is 5.95 Å². The Kier molecular flexibility index (Phi) is 6.40. The summed E-state index contributed by atoms with van der Waals surface area (Å²) in [6, 6.07) is 20.8. The standard InChI is InChI=1S/C25H29N5/c1-20-10-12-23(13-11-20)27-24-19-21(2)26-25(28-24)30-17-15-29(16-18-30)14-6-9-22-7-4-3-5-8-22/h3-13,19H,14-18H2,1-2H3,(H,26,27,28)/b9-6+. The van der Waals surface area contributed by atoms with Crippen LogP contribution in [-0.2, 0) is 0 Å². The molecule has 0 aliphatic carbocycles. The fourth-order valence-corrected chi connectivity index (χ4v) is 3.58. The Labute approximate surface area is 179 Å². The summed E-state index contributed by atoms with van der Waals surface area (Å²) in [4.78, 5) is 14.2. The second-order valence-electron chi connectivity index (χ2n) is 7.79. The molecular formula is C25H29N5. The van der Waals surface area contributed by atoms with Gasteiger partial charge in [0.05, 0.1) is 0 Å². The van der Waals surface area contributed by atoms with Gasteiger partial charge in [-0.3, -0.25) is 4.90 Å². The number of rotatable bonds is 6. The minimum atomic E-state index is 0.809. The van der Waals surface area contributed by atoms with Gasteiger partial charge in [-0.1, -0.05) is 60.2 Å². The fraction of sp³-hybridized carbons (Fsp3) is 0.280. The highest BCUT2D eigenvalue weighted by Crippen LogP contribution is 2.20. The van der Waals surface area contributed by atoms with Crippen LogP contribution >= 0.6 is 0 Å². The molecule has 5 heteroatoms. The van der Waals surface area contributed by atoms with Gasteiger partial charge < -0.3 is 10.2 Å². The van der Waals surface area contributed by atoms with Crippen molar-refractivity contribution in [3.8, 4) is 0 Å². The number of aryl methyl sites for hydroxylation is 2. The quantitative estimate of drug-likeness (QED) is 0.652. The van der Waals surface area contributed by atoms with Gasteiger partial charge in [0.1, 0.15) is 5.82 Å². The van der Waals surface area contributed by atoms with Crippen molar-refractivity contribution < 1.29 is 0 Å². The van der Waals surface area contributed by atoms with E-state index in [1.807, 2.05) is 19.1 Å². The van der Waals surface area contributed by atoms with Crippen molar-refractivity contribution >= 4 is 23.5 Å². The maximum absolute atomic E-state index is 4.77. The van der Waals surface area contributed by atoms with Gasteiger partial charge >= 0.3 is 0 Å². The molecule has 30 heavy (non-hydrogen) atoms. The van der Waals surface area contributed by atoms with Crippen molar-refractivity contribution in [1.82, 2.24) is 14.9 Å². The summed E-state index contributed by atoms with van der Waals surface area (Å²) in [5.41, 5.74) is 4.51. The topological polar surface area (TPSA) is 44.3 Å². The van der Waals surface area contributed by atoms with E-state index in [2.05, 4.69) is 87.7 Å². The van der Waals surface area contributed by atoms with E-state index in [-0.39, 0.29) is 0 Å². The second-order valence-corrected chi connectivity index (χ2v) is 7.79. The maximum Gasteiger partial charge on any atom is 0.227 e. The van der Waals surface area contributed by atoms with Crippen LogP contribution in [0.3, 0.4) is 0 Å². The molecule has 0 amide bonds. The van der Waals surface area contributed by atoms with E-state index in [1.165, 1.54) is 11.1 Å². The SMILES string of the molecule is Cc1ccc(Nc2cc(C)nc(N3CCN(C/C=C/c4ccccc4)CC3)n2)cc1. The van der Waals surface area contributed by atoms with E-state index >= 15 is 0 Å². The van der Waals surface area contributed by atoms with Crippen LogP contribution in [0.25, 0.3) is 6.08 Å². The highest BCUT2D eigenvalue weighted by molar-refractivity contribution is 5.58. The second kappa shape index (κ2) is 9.55. The molecule has 3 aromatic rings. The minimum absolute atomic E-state index is 0.809. The molecule has 1 aliphatic rings. The Morgan fingerprint density at radius 2 is 1.63 bits per heavy atom. The van der Waals surface area contributed by atoms with E-state index < -0.39 is 0 Å². The van der Waals surface area contributed by atoms with Crippen LogP contribution in [0.2, 0.25) is 0 Å². The zero-order valence-electron chi connectivity index (χ0n) is 17.8. The van der Waals surface area contributed by atoms with Crippen LogP contribution < -0.4 is 10.2 Å². The lowest BCUT2D eigenvalue weighted by molar-refractivity contribution is 0.283. The number of piperazine rings is 1.